The number of H-pyrrole nitrogens is 1. The molecule has 0 aromatic carbocycles. The van der Waals surface area contributed by atoms with Gasteiger partial charge in [-0.2, -0.15) is 0 Å². The number of carboxylic acids is 1. The van der Waals surface area contributed by atoms with E-state index in [4.69, 9.17) is 15.9 Å². The number of aliphatic carboxylic acids is 1. The Morgan fingerprint density at radius 1 is 1.60 bits per heavy atom. The summed E-state index contributed by atoms with van der Waals surface area (Å²) in [6.45, 7) is -0.804. The predicted octanol–water partition coefficient (Wildman–Crippen LogP) is -2.52. The first-order chi connectivity index (χ1) is 9.52. The van der Waals surface area contributed by atoms with Crippen molar-refractivity contribution in [3.63, 3.8) is 0 Å². The quantitative estimate of drug-likeness (QED) is 0.387. The molecule has 1 aromatic rings. The number of nitrogens with zero attached hydrogens (tertiary/aromatic N) is 2. The number of nitrogens with one attached hydrogen (secondary N) is 2. The van der Waals surface area contributed by atoms with Crippen LogP contribution in [-0.2, 0) is 16.0 Å². The van der Waals surface area contributed by atoms with Crippen molar-refractivity contribution >= 4 is 11.9 Å². The zero-order valence-electron chi connectivity index (χ0n) is 10.7. The molecule has 2 rings (SSSR count). The molecule has 0 aliphatic carbocycles. The van der Waals surface area contributed by atoms with Crippen LogP contribution < -0.4 is 11.1 Å². The van der Waals surface area contributed by atoms with Crippen LogP contribution in [0, 0.1) is 0 Å². The standard InChI is InChI=1S/C11H17N5O4/c12-7(4-17)10-15-8(1-6-2-13-5-14-6)11(20)16(10)3-9(18)19/h2,5,7-8,10,15,17H,1,3-4,12H2,(H,13,14)(H,18,19)/t7-,8?,10?/m0/s1. The molecule has 110 valence electrons. The molecule has 1 saturated heterocycles. The van der Waals surface area contributed by atoms with E-state index < -0.39 is 30.8 Å². The van der Waals surface area contributed by atoms with Gasteiger partial charge in [0.05, 0.1) is 25.0 Å². The van der Waals surface area contributed by atoms with Crippen molar-refractivity contribution in [3.05, 3.63) is 18.2 Å². The second-order valence-electron chi connectivity index (χ2n) is 4.65. The first-order valence-electron chi connectivity index (χ1n) is 6.15. The van der Waals surface area contributed by atoms with Crippen molar-refractivity contribution in [2.45, 2.75) is 24.7 Å². The third-order valence-electron chi connectivity index (χ3n) is 3.19. The zero-order chi connectivity index (χ0) is 14.7. The van der Waals surface area contributed by atoms with E-state index in [-0.39, 0.29) is 12.5 Å². The third kappa shape index (κ3) is 2.95. The lowest BCUT2D eigenvalue weighted by Gasteiger charge is -2.26. The number of rotatable bonds is 6. The molecule has 2 unspecified atom stereocenters. The van der Waals surface area contributed by atoms with Crippen LogP contribution in [0.3, 0.4) is 0 Å². The van der Waals surface area contributed by atoms with Crippen molar-refractivity contribution in [2.24, 2.45) is 5.73 Å². The van der Waals surface area contributed by atoms with Gasteiger partial charge in [-0.05, 0) is 0 Å². The Labute approximate surface area is 114 Å². The molecule has 1 fully saturated rings. The van der Waals surface area contributed by atoms with E-state index in [1.54, 1.807) is 6.20 Å². The summed E-state index contributed by atoms with van der Waals surface area (Å²) >= 11 is 0. The number of aliphatic hydroxyl groups is 1. The van der Waals surface area contributed by atoms with E-state index in [2.05, 4.69) is 15.3 Å². The summed E-state index contributed by atoms with van der Waals surface area (Å²) in [6.07, 6.45) is 2.75. The molecule has 0 radical (unpaired) electrons. The lowest BCUT2D eigenvalue weighted by atomic mass is 10.1. The molecule has 1 amide bonds. The lowest BCUT2D eigenvalue weighted by molar-refractivity contribution is -0.144. The van der Waals surface area contributed by atoms with Gasteiger partial charge >= 0.3 is 5.97 Å². The summed E-state index contributed by atoms with van der Waals surface area (Å²) in [6, 6.07) is -1.33. The van der Waals surface area contributed by atoms with Gasteiger partial charge in [-0.25, -0.2) is 4.98 Å². The van der Waals surface area contributed by atoms with Crippen LogP contribution in [0.25, 0.3) is 0 Å². The topological polar surface area (TPSA) is 145 Å². The molecule has 1 aromatic heterocycles. The largest absolute Gasteiger partial charge is 0.480 e. The maximum absolute atomic E-state index is 12.2. The Hall–Kier alpha value is -1.97. The fourth-order valence-electron chi connectivity index (χ4n) is 2.24. The molecule has 0 spiro atoms. The number of amides is 1. The summed E-state index contributed by atoms with van der Waals surface area (Å²) in [5, 5.41) is 20.9. The minimum atomic E-state index is -1.13. The Morgan fingerprint density at radius 2 is 2.35 bits per heavy atom. The van der Waals surface area contributed by atoms with Gasteiger partial charge in [0.2, 0.25) is 5.91 Å². The number of hydrogen-bond acceptors (Lipinski definition) is 6. The highest BCUT2D eigenvalue weighted by atomic mass is 16.4. The molecule has 0 bridgehead atoms. The molecular weight excluding hydrogens is 266 g/mol. The van der Waals surface area contributed by atoms with Crippen molar-refractivity contribution in [3.8, 4) is 0 Å². The van der Waals surface area contributed by atoms with Gasteiger partial charge < -0.3 is 25.8 Å². The van der Waals surface area contributed by atoms with E-state index >= 15 is 0 Å². The minimum Gasteiger partial charge on any atom is -0.480 e. The van der Waals surface area contributed by atoms with Crippen LogP contribution in [0.2, 0.25) is 0 Å². The second-order valence-corrected chi connectivity index (χ2v) is 4.65. The van der Waals surface area contributed by atoms with Gasteiger partial charge in [0.15, 0.2) is 0 Å². The fraction of sp³-hybridized carbons (Fsp3) is 0.545. The van der Waals surface area contributed by atoms with E-state index in [1.807, 2.05) is 0 Å². The highest BCUT2D eigenvalue weighted by Gasteiger charge is 2.42. The Bertz CT molecular complexity index is 477. The van der Waals surface area contributed by atoms with Gasteiger partial charge in [0.25, 0.3) is 0 Å². The Kier molecular flexibility index (Phi) is 4.32. The molecular formula is C11H17N5O4. The van der Waals surface area contributed by atoms with Crippen LogP contribution in [0.1, 0.15) is 5.69 Å². The van der Waals surface area contributed by atoms with Crippen LogP contribution in [0.15, 0.2) is 12.5 Å². The normalized spacial score (nSPS) is 24.1. The molecule has 1 aliphatic heterocycles. The number of aromatic amines is 1. The summed E-state index contributed by atoms with van der Waals surface area (Å²) in [5.41, 5.74) is 6.48. The summed E-state index contributed by atoms with van der Waals surface area (Å²) in [5.74, 6) is -1.48. The highest BCUT2D eigenvalue weighted by molar-refractivity contribution is 5.87. The third-order valence-corrected chi connectivity index (χ3v) is 3.19. The number of carboxylic acid groups (broad SMARTS) is 1. The van der Waals surface area contributed by atoms with Gasteiger partial charge in [-0.15, -0.1) is 0 Å². The Balaban J connectivity index is 2.12. The second kappa shape index (κ2) is 5.99. The molecule has 9 heteroatoms. The van der Waals surface area contributed by atoms with Gasteiger partial charge in [-0.1, -0.05) is 0 Å². The summed E-state index contributed by atoms with van der Waals surface area (Å²) in [7, 11) is 0. The van der Waals surface area contributed by atoms with Gasteiger partial charge in [0, 0.05) is 18.3 Å². The highest BCUT2D eigenvalue weighted by Crippen LogP contribution is 2.15. The summed E-state index contributed by atoms with van der Waals surface area (Å²) < 4.78 is 0. The molecule has 3 atom stereocenters. The van der Waals surface area contributed by atoms with Crippen LogP contribution in [0.5, 0.6) is 0 Å². The van der Waals surface area contributed by atoms with E-state index in [1.165, 1.54) is 6.33 Å². The number of nitrogens with two attached hydrogens (primary N) is 1. The van der Waals surface area contributed by atoms with E-state index in [0.29, 0.717) is 6.42 Å². The fourth-order valence-corrected chi connectivity index (χ4v) is 2.24. The van der Waals surface area contributed by atoms with E-state index in [0.717, 1.165) is 10.6 Å². The van der Waals surface area contributed by atoms with Crippen LogP contribution >= 0.6 is 0 Å². The minimum absolute atomic E-state index is 0.349. The van der Waals surface area contributed by atoms with E-state index in [9.17, 15) is 9.59 Å². The Morgan fingerprint density at radius 3 is 2.90 bits per heavy atom. The first kappa shape index (κ1) is 14.4. The van der Waals surface area contributed by atoms with Crippen molar-refractivity contribution in [1.82, 2.24) is 20.2 Å². The molecule has 6 N–H and O–H groups in total. The number of aliphatic hydroxyl groups excluding tert-OH is 1. The average molecular weight is 283 g/mol. The number of hydrogen-bond donors (Lipinski definition) is 5. The molecule has 20 heavy (non-hydrogen) atoms. The monoisotopic (exact) mass is 283 g/mol. The number of carbonyl (C=O) groups is 2. The van der Waals surface area contributed by atoms with Gasteiger partial charge in [-0.3, -0.25) is 14.9 Å². The molecule has 9 nitrogen and oxygen atoms in total. The summed E-state index contributed by atoms with van der Waals surface area (Å²) in [4.78, 5) is 30.9. The van der Waals surface area contributed by atoms with Crippen molar-refractivity contribution in [1.29, 1.82) is 0 Å². The predicted molar refractivity (Wildman–Crippen MR) is 67.4 cm³/mol. The number of imidazole rings is 1. The smallest absolute Gasteiger partial charge is 0.323 e. The maximum Gasteiger partial charge on any atom is 0.323 e. The number of aromatic nitrogens is 2. The van der Waals surface area contributed by atoms with Crippen LogP contribution in [-0.4, -0.2) is 68.4 Å². The SMILES string of the molecule is N[C@@H](CO)C1NC(Cc2cnc[nH]2)C(=O)N1CC(=O)O. The van der Waals surface area contributed by atoms with Gasteiger partial charge in [0.1, 0.15) is 12.7 Å². The van der Waals surface area contributed by atoms with Crippen molar-refractivity contribution < 1.29 is 19.8 Å². The maximum atomic E-state index is 12.2. The number of carbonyl (C=O) groups excluding carboxylic acids is 1. The average Bonchev–Trinajstić information content (AvgIpc) is 3.01. The lowest BCUT2D eigenvalue weighted by Crippen LogP contribution is -2.53. The molecule has 0 saturated carbocycles. The zero-order valence-corrected chi connectivity index (χ0v) is 10.7. The van der Waals surface area contributed by atoms with Crippen molar-refractivity contribution in [2.75, 3.05) is 13.2 Å². The van der Waals surface area contributed by atoms with Crippen LogP contribution in [0.4, 0.5) is 0 Å². The molecule has 1 aliphatic rings. The first-order valence-corrected chi connectivity index (χ1v) is 6.15. The molecule has 2 heterocycles.